The quantitative estimate of drug-likeness (QED) is 0.825. The molecule has 1 unspecified atom stereocenters. The molecule has 1 aromatic carbocycles. The first-order chi connectivity index (χ1) is 12.1. The lowest BCUT2D eigenvalue weighted by atomic mass is 9.93. The van der Waals surface area contributed by atoms with Crippen LogP contribution in [0.4, 0.5) is 4.79 Å². The number of amides is 2. The van der Waals surface area contributed by atoms with E-state index in [0.29, 0.717) is 6.54 Å². The van der Waals surface area contributed by atoms with E-state index in [1.54, 1.807) is 4.90 Å². The van der Waals surface area contributed by atoms with Crippen LogP contribution in [0.1, 0.15) is 36.9 Å². The number of aliphatic hydroxyl groups excluding tert-OH is 1. The summed E-state index contributed by atoms with van der Waals surface area (Å²) in [4.78, 5) is 17.0. The second-order valence-electron chi connectivity index (χ2n) is 7.30. The lowest BCUT2D eigenvalue weighted by molar-refractivity contribution is 0.120. The molecule has 0 saturated carbocycles. The largest absolute Gasteiger partial charge is 0.394 e. The molecule has 0 aliphatic carbocycles. The van der Waals surface area contributed by atoms with Crippen LogP contribution in [-0.4, -0.2) is 59.8 Å². The molecule has 1 fully saturated rings. The molecule has 5 nitrogen and oxygen atoms in total. The number of nitrogens with zero attached hydrogens (tertiary/aromatic N) is 2. The van der Waals surface area contributed by atoms with Gasteiger partial charge in [-0.1, -0.05) is 36.4 Å². The molecular formula is C20H29N3O2. The lowest BCUT2D eigenvalue weighted by Gasteiger charge is -2.38. The zero-order valence-electron chi connectivity index (χ0n) is 15.1. The zero-order valence-corrected chi connectivity index (χ0v) is 15.1. The summed E-state index contributed by atoms with van der Waals surface area (Å²) in [5, 5.41) is 13.0. The van der Waals surface area contributed by atoms with Crippen LogP contribution >= 0.6 is 0 Å². The Labute approximate surface area is 150 Å². The normalized spacial score (nSPS) is 21.7. The van der Waals surface area contributed by atoms with Crippen molar-refractivity contribution in [1.29, 1.82) is 0 Å². The van der Waals surface area contributed by atoms with Gasteiger partial charge in [-0.05, 0) is 37.3 Å². The second-order valence-corrected chi connectivity index (χ2v) is 7.30. The fourth-order valence-electron chi connectivity index (χ4n) is 3.97. The van der Waals surface area contributed by atoms with E-state index in [-0.39, 0.29) is 24.7 Å². The number of aliphatic hydroxyl groups is 1. The van der Waals surface area contributed by atoms with E-state index in [4.69, 9.17) is 0 Å². The average Bonchev–Trinajstić information content (AvgIpc) is 2.61. The summed E-state index contributed by atoms with van der Waals surface area (Å²) in [6.07, 6.45) is 2.78. The fourth-order valence-corrected chi connectivity index (χ4v) is 3.97. The van der Waals surface area contributed by atoms with Crippen LogP contribution in [0, 0.1) is 0 Å². The maximum Gasteiger partial charge on any atom is 0.318 e. The van der Waals surface area contributed by atoms with E-state index in [1.165, 1.54) is 11.1 Å². The van der Waals surface area contributed by atoms with Gasteiger partial charge in [-0.3, -0.25) is 4.90 Å². The van der Waals surface area contributed by atoms with Gasteiger partial charge in [0, 0.05) is 32.2 Å². The molecule has 2 heterocycles. The number of urea groups is 1. The third-order valence-corrected chi connectivity index (χ3v) is 5.25. The Bertz CT molecular complexity index is 623. The molecule has 136 valence electrons. The van der Waals surface area contributed by atoms with E-state index in [1.807, 2.05) is 18.2 Å². The molecule has 5 heteroatoms. The molecule has 0 radical (unpaired) electrons. The van der Waals surface area contributed by atoms with E-state index >= 15 is 0 Å². The van der Waals surface area contributed by atoms with Gasteiger partial charge in [-0.2, -0.15) is 0 Å². The van der Waals surface area contributed by atoms with Crippen molar-refractivity contribution in [3.8, 4) is 0 Å². The number of fused-ring (bicyclic) bond motifs is 1. The van der Waals surface area contributed by atoms with Crippen molar-refractivity contribution in [3.05, 3.63) is 47.5 Å². The first-order valence-corrected chi connectivity index (χ1v) is 9.21. The first kappa shape index (κ1) is 18.0. The predicted molar refractivity (Wildman–Crippen MR) is 99.5 cm³/mol. The van der Waals surface area contributed by atoms with E-state index in [9.17, 15) is 9.90 Å². The number of rotatable bonds is 4. The fraction of sp³-hybridized carbons (Fsp3) is 0.550. The maximum absolute atomic E-state index is 12.8. The number of hydrogen-bond donors (Lipinski definition) is 2. The summed E-state index contributed by atoms with van der Waals surface area (Å²) in [5.74, 6) is 0. The minimum atomic E-state index is -0.242. The number of carbonyl (C=O) groups excluding carboxylic acids is 1. The molecule has 0 aromatic heterocycles. The molecular weight excluding hydrogens is 314 g/mol. The highest BCUT2D eigenvalue weighted by Crippen LogP contribution is 2.29. The van der Waals surface area contributed by atoms with Crippen molar-refractivity contribution >= 4 is 6.03 Å². The van der Waals surface area contributed by atoms with Crippen LogP contribution in [0.15, 0.2) is 36.4 Å². The molecule has 2 aliphatic rings. The molecule has 1 aromatic rings. The van der Waals surface area contributed by atoms with Crippen LogP contribution in [0.25, 0.3) is 0 Å². The van der Waals surface area contributed by atoms with Crippen molar-refractivity contribution in [2.75, 3.05) is 32.8 Å². The summed E-state index contributed by atoms with van der Waals surface area (Å²) in [5.41, 5.74) is 3.49. The zero-order chi connectivity index (χ0) is 17.8. The van der Waals surface area contributed by atoms with Crippen LogP contribution in [0.2, 0.25) is 0 Å². The predicted octanol–water partition coefficient (Wildman–Crippen LogP) is 2.33. The number of benzene rings is 1. The monoisotopic (exact) mass is 343 g/mol. The van der Waals surface area contributed by atoms with E-state index in [0.717, 1.165) is 44.5 Å². The first-order valence-electron chi connectivity index (χ1n) is 9.21. The van der Waals surface area contributed by atoms with Crippen LogP contribution < -0.4 is 5.32 Å². The van der Waals surface area contributed by atoms with E-state index in [2.05, 4.69) is 29.8 Å². The smallest absolute Gasteiger partial charge is 0.318 e. The Hall–Kier alpha value is -1.85. The Kier molecular flexibility index (Phi) is 5.76. The minimum absolute atomic E-state index is 0.0402. The van der Waals surface area contributed by atoms with Crippen molar-refractivity contribution in [1.82, 2.24) is 15.1 Å². The van der Waals surface area contributed by atoms with Gasteiger partial charge >= 0.3 is 6.03 Å². The third-order valence-electron chi connectivity index (χ3n) is 5.25. The van der Waals surface area contributed by atoms with Crippen molar-refractivity contribution < 1.29 is 9.90 Å². The SMILES string of the molecule is C=C(C)CN1CCC(NC(=O)N2CCc3ccccc3C2CO)CC1. The summed E-state index contributed by atoms with van der Waals surface area (Å²) >= 11 is 0. The summed E-state index contributed by atoms with van der Waals surface area (Å²) < 4.78 is 0. The molecule has 1 atom stereocenters. The second kappa shape index (κ2) is 8.02. The Balaban J connectivity index is 1.58. The van der Waals surface area contributed by atoms with Gasteiger partial charge in [-0.25, -0.2) is 4.79 Å². The molecule has 3 rings (SSSR count). The number of hydrogen-bond acceptors (Lipinski definition) is 3. The van der Waals surface area contributed by atoms with Gasteiger partial charge in [0.1, 0.15) is 0 Å². The topological polar surface area (TPSA) is 55.8 Å². The van der Waals surface area contributed by atoms with Gasteiger partial charge in [0.15, 0.2) is 0 Å². The summed E-state index contributed by atoms with van der Waals surface area (Å²) in [6, 6.07) is 8.02. The van der Waals surface area contributed by atoms with Gasteiger partial charge in [0.25, 0.3) is 0 Å². The summed E-state index contributed by atoms with van der Waals surface area (Å²) in [6.45, 7) is 9.56. The van der Waals surface area contributed by atoms with Crippen molar-refractivity contribution in [2.45, 2.75) is 38.3 Å². The molecule has 1 saturated heterocycles. The van der Waals surface area contributed by atoms with E-state index < -0.39 is 0 Å². The van der Waals surface area contributed by atoms with Crippen LogP contribution in [-0.2, 0) is 6.42 Å². The van der Waals surface area contributed by atoms with Crippen molar-refractivity contribution in [3.63, 3.8) is 0 Å². The van der Waals surface area contributed by atoms with Crippen LogP contribution in [0.3, 0.4) is 0 Å². The molecule has 2 amide bonds. The highest BCUT2D eigenvalue weighted by atomic mass is 16.3. The molecule has 0 bridgehead atoms. The molecule has 2 aliphatic heterocycles. The highest BCUT2D eigenvalue weighted by molar-refractivity contribution is 5.75. The Morgan fingerprint density at radius 1 is 1.28 bits per heavy atom. The number of nitrogens with one attached hydrogen (secondary N) is 1. The van der Waals surface area contributed by atoms with Gasteiger partial charge in [0.2, 0.25) is 0 Å². The molecule has 25 heavy (non-hydrogen) atoms. The maximum atomic E-state index is 12.8. The van der Waals surface area contributed by atoms with Crippen molar-refractivity contribution in [2.24, 2.45) is 0 Å². The molecule has 0 spiro atoms. The minimum Gasteiger partial charge on any atom is -0.394 e. The van der Waals surface area contributed by atoms with Gasteiger partial charge in [-0.15, -0.1) is 0 Å². The number of piperidine rings is 1. The standard InChI is InChI=1S/C20H29N3O2/c1-15(2)13-22-10-8-17(9-11-22)21-20(25)23-12-7-16-5-3-4-6-18(16)19(23)14-24/h3-6,17,19,24H,1,7-14H2,2H3,(H,21,25). The number of carbonyl (C=O) groups is 1. The van der Waals surface area contributed by atoms with Gasteiger partial charge < -0.3 is 15.3 Å². The highest BCUT2D eigenvalue weighted by Gasteiger charge is 2.31. The Morgan fingerprint density at radius 3 is 2.68 bits per heavy atom. The Morgan fingerprint density at radius 2 is 2.00 bits per heavy atom. The lowest BCUT2D eigenvalue weighted by Crippen LogP contribution is -2.52. The third kappa shape index (κ3) is 4.22. The summed E-state index contributed by atoms with van der Waals surface area (Å²) in [7, 11) is 0. The molecule has 2 N–H and O–H groups in total. The number of likely N-dealkylation sites (tertiary alicyclic amines) is 1. The average molecular weight is 343 g/mol. The van der Waals surface area contributed by atoms with Gasteiger partial charge in [0.05, 0.1) is 12.6 Å². The van der Waals surface area contributed by atoms with Crippen LogP contribution in [0.5, 0.6) is 0 Å².